The molecule has 8 heteroatoms. The molecule has 3 rings (SSSR count). The quantitative estimate of drug-likeness (QED) is 0.326. The number of ether oxygens (including phenoxy) is 1. The van der Waals surface area contributed by atoms with Crippen molar-refractivity contribution >= 4 is 23.4 Å². The molecule has 6 atom stereocenters. The van der Waals surface area contributed by atoms with Gasteiger partial charge < -0.3 is 20.3 Å². The topological polar surface area (TPSA) is 130 Å². The zero-order chi connectivity index (χ0) is 24.9. The van der Waals surface area contributed by atoms with Crippen LogP contribution in [0.4, 0.5) is 0 Å². The molecule has 8 nitrogen and oxygen atoms in total. The summed E-state index contributed by atoms with van der Waals surface area (Å²) < 4.78 is 5.59. The van der Waals surface area contributed by atoms with E-state index >= 15 is 0 Å². The van der Waals surface area contributed by atoms with Crippen LogP contribution >= 0.6 is 0 Å². The van der Waals surface area contributed by atoms with E-state index in [9.17, 15) is 29.4 Å². The van der Waals surface area contributed by atoms with Gasteiger partial charge >= 0.3 is 5.97 Å². The first-order valence-electron chi connectivity index (χ1n) is 11.0. The highest BCUT2D eigenvalue weighted by Gasteiger charge is 2.56. The second-order valence-electron chi connectivity index (χ2n) is 8.99. The fraction of sp³-hybridized carbons (Fsp3) is 0.520. The SMILES string of the molecule is CC(=O)C(=O)NC1/C=C(C)/C=C/C(O)C/C=C(C)/C=C/C(O)CC2OC(=O)C1(C)C(=O)C2C. The first-order chi connectivity index (χ1) is 15.4. The van der Waals surface area contributed by atoms with Gasteiger partial charge in [-0.25, -0.2) is 0 Å². The van der Waals surface area contributed by atoms with E-state index in [2.05, 4.69) is 5.32 Å². The monoisotopic (exact) mass is 459 g/mol. The number of nitrogens with one attached hydrogen (secondary N) is 1. The predicted octanol–water partition coefficient (Wildman–Crippen LogP) is 1.72. The maximum absolute atomic E-state index is 13.4. The first-order valence-corrected chi connectivity index (χ1v) is 11.0. The highest BCUT2D eigenvalue weighted by Crippen LogP contribution is 2.38. The van der Waals surface area contributed by atoms with Crippen LogP contribution in [0.1, 0.15) is 47.5 Å². The van der Waals surface area contributed by atoms with Crippen molar-refractivity contribution in [3.63, 3.8) is 0 Å². The summed E-state index contributed by atoms with van der Waals surface area (Å²) in [6, 6.07) is -1.15. The van der Waals surface area contributed by atoms with Gasteiger partial charge in [0, 0.05) is 13.3 Å². The van der Waals surface area contributed by atoms with Crippen molar-refractivity contribution in [2.45, 2.75) is 71.8 Å². The minimum atomic E-state index is -1.78. The molecule has 1 fully saturated rings. The largest absolute Gasteiger partial charge is 0.461 e. The standard InChI is InChI=1S/C25H33NO7/c1-14-6-9-18(28)10-8-15(2)12-21(26-23(31)17(4)27)25(5)22(30)16(3)20(33-24(25)32)13-19(29)11-7-14/h6-8,10-12,16,18-21,28-29H,9,13H2,1-5H3,(H,26,31)/b10-8+,11-7+,14-6+,15-12+. The average molecular weight is 460 g/mol. The normalized spacial score (nSPS) is 38.7. The zero-order valence-electron chi connectivity index (χ0n) is 19.7. The van der Waals surface area contributed by atoms with Crippen molar-refractivity contribution in [3.05, 3.63) is 47.6 Å². The van der Waals surface area contributed by atoms with Crippen LogP contribution in [0.25, 0.3) is 0 Å². The maximum Gasteiger partial charge on any atom is 0.322 e. The Morgan fingerprint density at radius 1 is 1.09 bits per heavy atom. The minimum absolute atomic E-state index is 0.0298. The molecule has 1 aliphatic carbocycles. The number of aliphatic hydroxyl groups is 2. The van der Waals surface area contributed by atoms with E-state index in [0.29, 0.717) is 12.0 Å². The van der Waals surface area contributed by atoms with Crippen LogP contribution in [0.2, 0.25) is 0 Å². The highest BCUT2D eigenvalue weighted by atomic mass is 16.5. The summed E-state index contributed by atoms with van der Waals surface area (Å²) in [7, 11) is 0. The summed E-state index contributed by atoms with van der Waals surface area (Å²) in [4.78, 5) is 50.3. The van der Waals surface area contributed by atoms with Crippen LogP contribution in [-0.2, 0) is 23.9 Å². The molecule has 33 heavy (non-hydrogen) atoms. The number of fused-ring (bicyclic) bond motifs is 10. The number of ketones is 2. The van der Waals surface area contributed by atoms with Crippen LogP contribution in [0.3, 0.4) is 0 Å². The van der Waals surface area contributed by atoms with Gasteiger partial charge in [-0.15, -0.1) is 0 Å². The van der Waals surface area contributed by atoms with E-state index in [4.69, 9.17) is 4.74 Å². The smallest absolute Gasteiger partial charge is 0.322 e. The Bertz CT molecular complexity index is 929. The van der Waals surface area contributed by atoms with Crippen molar-refractivity contribution < 1.29 is 34.1 Å². The number of rotatable bonds is 2. The third-order valence-electron chi connectivity index (χ3n) is 6.14. The molecule has 180 valence electrons. The molecular weight excluding hydrogens is 426 g/mol. The Morgan fingerprint density at radius 2 is 1.70 bits per heavy atom. The first kappa shape index (κ1) is 26.4. The van der Waals surface area contributed by atoms with Crippen LogP contribution in [0.5, 0.6) is 0 Å². The number of aliphatic hydroxyl groups excluding tert-OH is 2. The summed E-state index contributed by atoms with van der Waals surface area (Å²) in [6.45, 7) is 7.62. The van der Waals surface area contributed by atoms with Gasteiger partial charge in [-0.1, -0.05) is 54.5 Å². The molecule has 2 bridgehead atoms. The van der Waals surface area contributed by atoms with E-state index in [0.717, 1.165) is 12.5 Å². The van der Waals surface area contributed by atoms with Crippen molar-refractivity contribution in [2.75, 3.05) is 0 Å². The van der Waals surface area contributed by atoms with Crippen molar-refractivity contribution in [1.82, 2.24) is 5.32 Å². The van der Waals surface area contributed by atoms with Gasteiger partial charge in [0.05, 0.1) is 24.2 Å². The molecule has 3 aliphatic rings. The number of allylic oxidation sites excluding steroid dienone is 4. The molecular formula is C25H33NO7. The van der Waals surface area contributed by atoms with Crippen LogP contribution in [0.15, 0.2) is 47.6 Å². The van der Waals surface area contributed by atoms with E-state index in [1.165, 1.54) is 13.0 Å². The average Bonchev–Trinajstić information content (AvgIpc) is 2.75. The Hall–Kier alpha value is -2.84. The second-order valence-corrected chi connectivity index (χ2v) is 8.99. The van der Waals surface area contributed by atoms with Crippen LogP contribution in [0, 0.1) is 11.3 Å². The fourth-order valence-electron chi connectivity index (χ4n) is 3.85. The third-order valence-corrected chi connectivity index (χ3v) is 6.14. The second kappa shape index (κ2) is 10.9. The molecule has 0 spiro atoms. The number of Topliss-reactive ketones (excluding diaryl/α,β-unsaturated/α-hetero) is 2. The van der Waals surface area contributed by atoms with Gasteiger partial charge in [0.25, 0.3) is 5.91 Å². The molecule has 1 saturated heterocycles. The number of amides is 1. The Labute approximate surface area is 194 Å². The summed E-state index contributed by atoms with van der Waals surface area (Å²) in [5, 5.41) is 23.1. The Balaban J connectivity index is 2.57. The molecule has 6 unspecified atom stereocenters. The van der Waals surface area contributed by atoms with E-state index in [1.54, 1.807) is 38.2 Å². The molecule has 2 heterocycles. The number of hydrogen-bond acceptors (Lipinski definition) is 7. The summed E-state index contributed by atoms with van der Waals surface area (Å²) in [5.74, 6) is -3.74. The molecule has 0 aromatic carbocycles. The molecule has 1 amide bonds. The Kier molecular flexibility index (Phi) is 8.69. The van der Waals surface area contributed by atoms with Crippen LogP contribution < -0.4 is 5.32 Å². The lowest BCUT2D eigenvalue weighted by atomic mass is 9.69. The van der Waals surface area contributed by atoms with Crippen molar-refractivity contribution in [1.29, 1.82) is 0 Å². The van der Waals surface area contributed by atoms with Crippen molar-refractivity contribution in [3.8, 4) is 0 Å². The Morgan fingerprint density at radius 3 is 2.33 bits per heavy atom. The molecule has 0 saturated carbocycles. The summed E-state index contributed by atoms with van der Waals surface area (Å²) in [6.07, 6.45) is 7.54. The van der Waals surface area contributed by atoms with Crippen molar-refractivity contribution in [2.24, 2.45) is 11.3 Å². The van der Waals surface area contributed by atoms with E-state index in [-0.39, 0.29) is 6.42 Å². The van der Waals surface area contributed by atoms with E-state index in [1.807, 2.05) is 13.0 Å². The summed E-state index contributed by atoms with van der Waals surface area (Å²) in [5.41, 5.74) is -0.371. The van der Waals surface area contributed by atoms with Crippen LogP contribution in [-0.4, -0.2) is 58.0 Å². The fourth-order valence-corrected chi connectivity index (χ4v) is 3.85. The zero-order valence-corrected chi connectivity index (χ0v) is 19.7. The number of carbonyl (C=O) groups excluding carboxylic acids is 4. The number of hydrogen-bond donors (Lipinski definition) is 3. The van der Waals surface area contributed by atoms with Gasteiger partial charge in [0.1, 0.15) is 11.5 Å². The van der Waals surface area contributed by atoms with Gasteiger partial charge in [0.15, 0.2) is 5.78 Å². The summed E-state index contributed by atoms with van der Waals surface area (Å²) >= 11 is 0. The molecule has 0 radical (unpaired) electrons. The van der Waals surface area contributed by atoms with Gasteiger partial charge in [-0.2, -0.15) is 0 Å². The number of esters is 1. The van der Waals surface area contributed by atoms with Gasteiger partial charge in [-0.3, -0.25) is 19.2 Å². The molecule has 2 aliphatic heterocycles. The van der Waals surface area contributed by atoms with Gasteiger partial charge in [0.2, 0.25) is 5.78 Å². The molecule has 0 aromatic rings. The maximum atomic E-state index is 13.4. The lowest BCUT2D eigenvalue weighted by Crippen LogP contribution is -2.61. The van der Waals surface area contributed by atoms with E-state index < -0.39 is 59.1 Å². The molecule has 3 N–H and O–H groups in total. The number of carbonyl (C=O) groups is 4. The van der Waals surface area contributed by atoms with Gasteiger partial charge in [-0.05, 0) is 27.2 Å². The predicted molar refractivity (Wildman–Crippen MR) is 122 cm³/mol. The molecule has 0 aromatic heterocycles. The minimum Gasteiger partial charge on any atom is -0.461 e. The highest BCUT2D eigenvalue weighted by molar-refractivity contribution is 6.35. The lowest BCUT2D eigenvalue weighted by Gasteiger charge is -2.42. The third kappa shape index (κ3) is 6.36. The lowest BCUT2D eigenvalue weighted by molar-refractivity contribution is -0.181.